The van der Waals surface area contributed by atoms with Crippen LogP contribution in [-0.4, -0.2) is 26.3 Å². The number of hydrogen-bond acceptors (Lipinski definition) is 4. The molecule has 0 aliphatic heterocycles. The van der Waals surface area contributed by atoms with Crippen LogP contribution in [0.1, 0.15) is 37.5 Å². The van der Waals surface area contributed by atoms with E-state index >= 15 is 0 Å². The number of hydrogen-bond donors (Lipinski definition) is 0. The van der Waals surface area contributed by atoms with Crippen molar-refractivity contribution in [2.45, 2.75) is 6.92 Å². The third-order valence-corrected chi connectivity index (χ3v) is 6.23. The Balaban J connectivity index is 1.73. The Bertz CT molecular complexity index is 1600. The highest BCUT2D eigenvalue weighted by Crippen LogP contribution is 2.41. The van der Waals surface area contributed by atoms with Crippen LogP contribution in [-0.2, 0) is 0 Å². The third-order valence-electron chi connectivity index (χ3n) is 5.98. The number of carbonyl (C=O) groups is 2. The fraction of sp³-hybridized carbons (Fsp3) is 0.0370. The SMILES string of the molecule is Cc1nn(-c2ccccc2)c2nc3c(c(C(=O)c4ccc(Cl)cc4)c12)C(=O)c1ccccc1-3. The summed E-state index contributed by atoms with van der Waals surface area (Å²) >= 11 is 6.04. The molecule has 0 spiro atoms. The predicted octanol–water partition coefficient (Wildman–Crippen LogP) is 5.82. The van der Waals surface area contributed by atoms with Gasteiger partial charge in [0.05, 0.1) is 28.0 Å². The molecule has 1 aliphatic carbocycles. The van der Waals surface area contributed by atoms with Gasteiger partial charge in [-0.15, -0.1) is 0 Å². The highest BCUT2D eigenvalue weighted by atomic mass is 35.5. The maximum absolute atomic E-state index is 13.9. The molecule has 0 amide bonds. The van der Waals surface area contributed by atoms with E-state index in [2.05, 4.69) is 0 Å². The van der Waals surface area contributed by atoms with E-state index in [1.54, 1.807) is 35.0 Å². The summed E-state index contributed by atoms with van der Waals surface area (Å²) in [5.74, 6) is -0.452. The molecule has 0 bridgehead atoms. The van der Waals surface area contributed by atoms with Crippen LogP contribution < -0.4 is 0 Å². The van der Waals surface area contributed by atoms with Gasteiger partial charge in [0.15, 0.2) is 17.2 Å². The summed E-state index contributed by atoms with van der Waals surface area (Å²) < 4.78 is 1.73. The number of para-hydroxylation sites is 1. The Labute approximate surface area is 194 Å². The zero-order chi connectivity index (χ0) is 22.7. The molecule has 6 heteroatoms. The topological polar surface area (TPSA) is 64.8 Å². The van der Waals surface area contributed by atoms with Crippen molar-refractivity contribution in [1.29, 1.82) is 0 Å². The van der Waals surface area contributed by atoms with Crippen molar-refractivity contribution in [3.8, 4) is 16.9 Å². The molecule has 0 fully saturated rings. The quantitative estimate of drug-likeness (QED) is 0.319. The second-order valence-electron chi connectivity index (χ2n) is 7.95. The van der Waals surface area contributed by atoms with Gasteiger partial charge in [-0.05, 0) is 43.3 Å². The number of fused-ring (bicyclic) bond motifs is 4. The van der Waals surface area contributed by atoms with E-state index in [1.807, 2.05) is 55.5 Å². The summed E-state index contributed by atoms with van der Waals surface area (Å²) in [5.41, 5.74) is 4.90. The molecular weight excluding hydrogens is 434 g/mol. The molecule has 2 heterocycles. The lowest BCUT2D eigenvalue weighted by Crippen LogP contribution is -2.11. The summed E-state index contributed by atoms with van der Waals surface area (Å²) in [4.78, 5) is 32.3. The first-order chi connectivity index (χ1) is 16.0. The van der Waals surface area contributed by atoms with Crippen LogP contribution in [0.4, 0.5) is 0 Å². The van der Waals surface area contributed by atoms with E-state index in [-0.39, 0.29) is 11.6 Å². The molecular formula is C27H16ClN3O2. The lowest BCUT2D eigenvalue weighted by molar-refractivity contribution is 0.101. The van der Waals surface area contributed by atoms with Gasteiger partial charge in [0.1, 0.15) is 0 Å². The van der Waals surface area contributed by atoms with E-state index in [0.717, 1.165) is 11.3 Å². The van der Waals surface area contributed by atoms with Crippen LogP contribution in [0.25, 0.3) is 28.0 Å². The van der Waals surface area contributed by atoms with Crippen LogP contribution in [0.3, 0.4) is 0 Å². The summed E-state index contributed by atoms with van der Waals surface area (Å²) in [6.45, 7) is 1.83. The lowest BCUT2D eigenvalue weighted by atomic mass is 9.93. The first-order valence-corrected chi connectivity index (χ1v) is 10.9. The smallest absolute Gasteiger partial charge is 0.196 e. The molecule has 0 saturated heterocycles. The predicted molar refractivity (Wildman–Crippen MR) is 127 cm³/mol. The van der Waals surface area contributed by atoms with E-state index in [0.29, 0.717) is 49.7 Å². The highest BCUT2D eigenvalue weighted by molar-refractivity contribution is 6.32. The van der Waals surface area contributed by atoms with Crippen molar-refractivity contribution in [3.63, 3.8) is 0 Å². The summed E-state index contributed by atoms with van der Waals surface area (Å²) in [5, 5.41) is 5.82. The Kier molecular flexibility index (Phi) is 4.28. The molecule has 5 aromatic rings. The zero-order valence-electron chi connectivity index (χ0n) is 17.5. The molecule has 3 aromatic carbocycles. The van der Waals surface area contributed by atoms with Gasteiger partial charge in [0.25, 0.3) is 0 Å². The first kappa shape index (κ1) is 19.6. The maximum Gasteiger partial charge on any atom is 0.196 e. The fourth-order valence-corrected chi connectivity index (χ4v) is 4.60. The van der Waals surface area contributed by atoms with Gasteiger partial charge in [-0.1, -0.05) is 54.1 Å². The molecule has 0 atom stereocenters. The molecule has 0 saturated carbocycles. The number of benzene rings is 3. The minimum absolute atomic E-state index is 0.195. The number of aromatic nitrogens is 3. The minimum Gasteiger partial charge on any atom is -0.289 e. The molecule has 2 aromatic heterocycles. The number of nitrogens with zero attached hydrogens (tertiary/aromatic N) is 3. The summed E-state index contributed by atoms with van der Waals surface area (Å²) in [6.07, 6.45) is 0. The third kappa shape index (κ3) is 2.86. The van der Waals surface area contributed by atoms with Gasteiger partial charge in [-0.2, -0.15) is 5.10 Å². The minimum atomic E-state index is -0.257. The molecule has 0 unspecified atom stereocenters. The van der Waals surface area contributed by atoms with Crippen LogP contribution in [0.2, 0.25) is 5.02 Å². The van der Waals surface area contributed by atoms with Crippen molar-refractivity contribution in [2.75, 3.05) is 0 Å². The first-order valence-electron chi connectivity index (χ1n) is 10.5. The van der Waals surface area contributed by atoms with Crippen molar-refractivity contribution in [3.05, 3.63) is 112 Å². The maximum atomic E-state index is 13.9. The van der Waals surface area contributed by atoms with E-state index in [9.17, 15) is 9.59 Å². The van der Waals surface area contributed by atoms with E-state index in [1.165, 1.54) is 0 Å². The van der Waals surface area contributed by atoms with E-state index < -0.39 is 0 Å². The summed E-state index contributed by atoms with van der Waals surface area (Å²) in [7, 11) is 0. The second kappa shape index (κ2) is 7.22. The average Bonchev–Trinajstić information content (AvgIpc) is 3.33. The van der Waals surface area contributed by atoms with Crippen molar-refractivity contribution in [1.82, 2.24) is 14.8 Å². The molecule has 0 N–H and O–H groups in total. The Morgan fingerprint density at radius 3 is 2.27 bits per heavy atom. The number of pyridine rings is 1. The van der Waals surface area contributed by atoms with Crippen LogP contribution in [0, 0.1) is 6.92 Å². The monoisotopic (exact) mass is 449 g/mol. The standard InChI is InChI=1S/C27H16ClN3O2/c1-15-21-22(25(32)16-11-13-17(28)14-12-16)23-24(19-9-5-6-10-20(19)26(23)33)29-27(21)31(30-15)18-7-3-2-4-8-18/h2-14H,1H3. The molecule has 33 heavy (non-hydrogen) atoms. The number of ketones is 2. The fourth-order valence-electron chi connectivity index (χ4n) is 4.48. The van der Waals surface area contributed by atoms with Gasteiger partial charge in [0, 0.05) is 27.3 Å². The molecule has 1 aliphatic rings. The second-order valence-corrected chi connectivity index (χ2v) is 8.39. The molecule has 6 rings (SSSR count). The van der Waals surface area contributed by atoms with E-state index in [4.69, 9.17) is 21.7 Å². The number of rotatable bonds is 3. The Morgan fingerprint density at radius 1 is 0.879 bits per heavy atom. The van der Waals surface area contributed by atoms with Gasteiger partial charge in [-0.3, -0.25) is 9.59 Å². The lowest BCUT2D eigenvalue weighted by Gasteiger charge is -2.10. The van der Waals surface area contributed by atoms with Crippen LogP contribution in [0.15, 0.2) is 78.9 Å². The number of halogens is 1. The highest BCUT2D eigenvalue weighted by Gasteiger charge is 2.36. The molecule has 0 radical (unpaired) electrons. The van der Waals surface area contributed by atoms with Gasteiger partial charge < -0.3 is 0 Å². The van der Waals surface area contributed by atoms with Crippen molar-refractivity contribution < 1.29 is 9.59 Å². The largest absolute Gasteiger partial charge is 0.289 e. The van der Waals surface area contributed by atoms with Crippen LogP contribution in [0.5, 0.6) is 0 Å². The number of aryl methyl sites for hydroxylation is 1. The van der Waals surface area contributed by atoms with Gasteiger partial charge in [0.2, 0.25) is 0 Å². The van der Waals surface area contributed by atoms with Gasteiger partial charge >= 0.3 is 0 Å². The Hall–Kier alpha value is -4.09. The zero-order valence-corrected chi connectivity index (χ0v) is 18.3. The van der Waals surface area contributed by atoms with Gasteiger partial charge in [-0.25, -0.2) is 9.67 Å². The average molecular weight is 450 g/mol. The molecule has 5 nitrogen and oxygen atoms in total. The molecule has 158 valence electrons. The summed E-state index contributed by atoms with van der Waals surface area (Å²) in [6, 6.07) is 23.6. The Morgan fingerprint density at radius 2 is 1.55 bits per heavy atom. The van der Waals surface area contributed by atoms with Crippen molar-refractivity contribution in [2.24, 2.45) is 0 Å². The van der Waals surface area contributed by atoms with Crippen molar-refractivity contribution >= 4 is 34.2 Å². The number of carbonyl (C=O) groups excluding carboxylic acids is 2. The van der Waals surface area contributed by atoms with Crippen LogP contribution >= 0.6 is 11.6 Å². The normalized spacial score (nSPS) is 12.1.